The molecule has 0 aliphatic carbocycles. The molecule has 5 heteroatoms. The first-order valence-electron chi connectivity index (χ1n) is 9.87. The Labute approximate surface area is 176 Å². The number of halogens is 1. The molecule has 0 unspecified atom stereocenters. The van der Waals surface area contributed by atoms with Gasteiger partial charge in [-0.05, 0) is 67.8 Å². The second-order valence-corrected chi connectivity index (χ2v) is 8.23. The standard InChI is InChI=1S/C23H28BrN3O/c1-5-20(24)22-25-21(15-17(4)27(22)6-2)18-10-12-26(13-11-18)23(28)19-9-7-8-16(3)14-19/h5,7-9,14-15,18H,1,6,10-13H2,2-4H3/b22-20+. The molecule has 2 aliphatic heterocycles. The van der Waals surface area contributed by atoms with Crippen molar-refractivity contribution in [3.05, 3.63) is 70.1 Å². The predicted octanol–water partition coefficient (Wildman–Crippen LogP) is 5.28. The van der Waals surface area contributed by atoms with Gasteiger partial charge in [-0.15, -0.1) is 0 Å². The summed E-state index contributed by atoms with van der Waals surface area (Å²) in [5.41, 5.74) is 4.20. The molecule has 2 aliphatic rings. The van der Waals surface area contributed by atoms with Crippen molar-refractivity contribution >= 4 is 27.5 Å². The van der Waals surface area contributed by atoms with Crippen molar-refractivity contribution in [2.75, 3.05) is 19.6 Å². The van der Waals surface area contributed by atoms with Gasteiger partial charge in [-0.1, -0.05) is 30.4 Å². The summed E-state index contributed by atoms with van der Waals surface area (Å²) in [4.78, 5) is 21.9. The molecular weight excluding hydrogens is 414 g/mol. The van der Waals surface area contributed by atoms with Crippen LogP contribution in [0.2, 0.25) is 0 Å². The van der Waals surface area contributed by atoms with Gasteiger partial charge in [0.1, 0.15) is 5.82 Å². The van der Waals surface area contributed by atoms with Gasteiger partial charge in [0.25, 0.3) is 5.91 Å². The molecule has 0 radical (unpaired) electrons. The van der Waals surface area contributed by atoms with Crippen LogP contribution in [0, 0.1) is 12.8 Å². The highest BCUT2D eigenvalue weighted by atomic mass is 79.9. The van der Waals surface area contributed by atoms with Crippen LogP contribution in [-0.4, -0.2) is 41.1 Å². The van der Waals surface area contributed by atoms with E-state index in [0.29, 0.717) is 5.92 Å². The van der Waals surface area contributed by atoms with Crippen molar-refractivity contribution in [2.45, 2.75) is 33.6 Å². The number of amides is 1. The Morgan fingerprint density at radius 2 is 2.04 bits per heavy atom. The third kappa shape index (κ3) is 4.30. The summed E-state index contributed by atoms with van der Waals surface area (Å²) in [6.07, 6.45) is 5.86. The summed E-state index contributed by atoms with van der Waals surface area (Å²) < 4.78 is 0.909. The highest BCUT2D eigenvalue weighted by Gasteiger charge is 2.28. The van der Waals surface area contributed by atoms with E-state index in [2.05, 4.69) is 47.3 Å². The van der Waals surface area contributed by atoms with Gasteiger partial charge < -0.3 is 9.80 Å². The highest BCUT2D eigenvalue weighted by Crippen LogP contribution is 2.30. The van der Waals surface area contributed by atoms with Crippen molar-refractivity contribution in [3.63, 3.8) is 0 Å². The molecular formula is C23H28BrN3O. The Morgan fingerprint density at radius 3 is 2.64 bits per heavy atom. The van der Waals surface area contributed by atoms with Crippen LogP contribution in [0.15, 0.2) is 64.0 Å². The monoisotopic (exact) mass is 441 g/mol. The summed E-state index contributed by atoms with van der Waals surface area (Å²) >= 11 is 3.59. The Kier molecular flexibility index (Phi) is 6.55. The molecule has 0 N–H and O–H groups in total. The van der Waals surface area contributed by atoms with E-state index in [1.54, 1.807) is 6.08 Å². The van der Waals surface area contributed by atoms with E-state index in [9.17, 15) is 4.79 Å². The van der Waals surface area contributed by atoms with Crippen LogP contribution in [-0.2, 0) is 0 Å². The second-order valence-electron chi connectivity index (χ2n) is 7.38. The van der Waals surface area contributed by atoms with Crippen molar-refractivity contribution in [2.24, 2.45) is 10.9 Å². The molecule has 0 bridgehead atoms. The number of piperidine rings is 1. The van der Waals surface area contributed by atoms with Crippen LogP contribution >= 0.6 is 15.9 Å². The summed E-state index contributed by atoms with van der Waals surface area (Å²) in [6.45, 7) is 12.5. The maximum absolute atomic E-state index is 12.8. The number of hydrogen-bond donors (Lipinski definition) is 0. The van der Waals surface area contributed by atoms with E-state index in [4.69, 9.17) is 4.99 Å². The fourth-order valence-electron chi connectivity index (χ4n) is 3.89. The average Bonchev–Trinajstić information content (AvgIpc) is 2.72. The number of allylic oxidation sites excluding steroid dienone is 4. The van der Waals surface area contributed by atoms with Crippen molar-refractivity contribution in [1.82, 2.24) is 9.80 Å². The zero-order valence-electron chi connectivity index (χ0n) is 16.9. The number of rotatable bonds is 4. The Bertz CT molecular complexity index is 860. The molecule has 2 heterocycles. The number of likely N-dealkylation sites (tertiary alicyclic amines) is 1. The lowest BCUT2D eigenvalue weighted by Gasteiger charge is -2.35. The van der Waals surface area contributed by atoms with Crippen LogP contribution < -0.4 is 0 Å². The summed E-state index contributed by atoms with van der Waals surface area (Å²) in [7, 11) is 0. The predicted molar refractivity (Wildman–Crippen MR) is 120 cm³/mol. The van der Waals surface area contributed by atoms with Gasteiger partial charge in [-0.25, -0.2) is 4.99 Å². The zero-order chi connectivity index (χ0) is 20.3. The van der Waals surface area contributed by atoms with E-state index in [1.807, 2.05) is 36.1 Å². The lowest BCUT2D eigenvalue weighted by Crippen LogP contribution is -2.40. The molecule has 1 saturated heterocycles. The molecule has 0 spiro atoms. The summed E-state index contributed by atoms with van der Waals surface area (Å²) in [6, 6.07) is 7.84. The lowest BCUT2D eigenvalue weighted by atomic mass is 9.90. The number of hydrogen-bond acceptors (Lipinski definition) is 3. The Morgan fingerprint density at radius 1 is 1.32 bits per heavy atom. The van der Waals surface area contributed by atoms with Crippen LogP contribution in [0.4, 0.5) is 0 Å². The third-order valence-electron chi connectivity index (χ3n) is 5.45. The number of benzene rings is 1. The topological polar surface area (TPSA) is 35.9 Å². The molecule has 148 valence electrons. The van der Waals surface area contributed by atoms with Gasteiger partial charge >= 0.3 is 0 Å². The minimum absolute atomic E-state index is 0.131. The molecule has 0 aromatic heterocycles. The Balaban J connectivity index is 1.73. The molecule has 0 saturated carbocycles. The van der Waals surface area contributed by atoms with Gasteiger partial charge in [0.05, 0.1) is 4.48 Å². The molecule has 1 aromatic carbocycles. The van der Waals surface area contributed by atoms with E-state index in [-0.39, 0.29) is 5.91 Å². The van der Waals surface area contributed by atoms with E-state index >= 15 is 0 Å². The maximum atomic E-state index is 12.8. The summed E-state index contributed by atoms with van der Waals surface area (Å²) in [5, 5.41) is 0. The smallest absolute Gasteiger partial charge is 0.253 e. The number of nitrogens with zero attached hydrogens (tertiary/aromatic N) is 3. The number of aliphatic imine (C=N–C) groups is 1. The number of carbonyl (C=O) groups excluding carboxylic acids is 1. The van der Waals surface area contributed by atoms with Gasteiger partial charge in [0.2, 0.25) is 0 Å². The van der Waals surface area contributed by atoms with Crippen LogP contribution in [0.5, 0.6) is 0 Å². The fraction of sp³-hybridized carbons (Fsp3) is 0.391. The lowest BCUT2D eigenvalue weighted by molar-refractivity contribution is 0.0710. The first-order chi connectivity index (χ1) is 13.4. The normalized spacial score (nSPS) is 19.9. The summed E-state index contributed by atoms with van der Waals surface area (Å²) in [5.74, 6) is 1.42. The molecule has 1 amide bonds. The van der Waals surface area contributed by atoms with Crippen molar-refractivity contribution in [1.29, 1.82) is 0 Å². The van der Waals surface area contributed by atoms with E-state index < -0.39 is 0 Å². The SMILES string of the molecule is C=C/C(Br)=C1/N=C(C2CCN(C(=O)c3cccc(C)c3)CC2)C=C(C)N1CC. The zero-order valence-corrected chi connectivity index (χ0v) is 18.5. The van der Waals surface area contributed by atoms with Crippen LogP contribution in [0.1, 0.15) is 42.6 Å². The molecule has 28 heavy (non-hydrogen) atoms. The Hall–Kier alpha value is -2.14. The number of carbonyl (C=O) groups is 1. The van der Waals surface area contributed by atoms with Gasteiger partial charge in [-0.3, -0.25) is 4.79 Å². The second kappa shape index (κ2) is 8.91. The molecule has 1 aromatic rings. The fourth-order valence-corrected chi connectivity index (χ4v) is 4.20. The average molecular weight is 442 g/mol. The molecule has 1 fully saturated rings. The molecule has 0 atom stereocenters. The van der Waals surface area contributed by atoms with Gasteiger partial charge in [0.15, 0.2) is 0 Å². The van der Waals surface area contributed by atoms with Crippen LogP contribution in [0.25, 0.3) is 0 Å². The van der Waals surface area contributed by atoms with Crippen molar-refractivity contribution in [3.8, 4) is 0 Å². The molecule has 4 nitrogen and oxygen atoms in total. The number of aryl methyl sites for hydroxylation is 1. The maximum Gasteiger partial charge on any atom is 0.253 e. The van der Waals surface area contributed by atoms with E-state index in [0.717, 1.165) is 59.6 Å². The van der Waals surface area contributed by atoms with Gasteiger partial charge in [-0.2, -0.15) is 0 Å². The quantitative estimate of drug-likeness (QED) is 0.636. The minimum atomic E-state index is 0.131. The van der Waals surface area contributed by atoms with Crippen LogP contribution in [0.3, 0.4) is 0 Å². The van der Waals surface area contributed by atoms with Crippen molar-refractivity contribution < 1.29 is 4.79 Å². The minimum Gasteiger partial charge on any atom is -0.339 e. The van der Waals surface area contributed by atoms with Gasteiger partial charge in [0, 0.05) is 42.5 Å². The first-order valence-corrected chi connectivity index (χ1v) is 10.7. The highest BCUT2D eigenvalue weighted by molar-refractivity contribution is 9.11. The van der Waals surface area contributed by atoms with E-state index in [1.165, 1.54) is 5.70 Å². The third-order valence-corrected chi connectivity index (χ3v) is 6.13. The first kappa shape index (κ1) is 20.6. The largest absolute Gasteiger partial charge is 0.339 e. The molecule has 3 rings (SSSR count).